The number of benzene rings is 1. The summed E-state index contributed by atoms with van der Waals surface area (Å²) in [5.41, 5.74) is 7.74. The molecule has 2 aliphatic rings. The van der Waals surface area contributed by atoms with Gasteiger partial charge in [-0.05, 0) is 49.5 Å². The van der Waals surface area contributed by atoms with E-state index < -0.39 is 5.91 Å². The van der Waals surface area contributed by atoms with Gasteiger partial charge >= 0.3 is 0 Å². The van der Waals surface area contributed by atoms with Gasteiger partial charge in [0.25, 0.3) is 5.91 Å². The third kappa shape index (κ3) is 4.53. The molecule has 2 amide bonds. The topological polar surface area (TPSA) is 89.2 Å². The van der Waals surface area contributed by atoms with Gasteiger partial charge in [0.05, 0.1) is 17.2 Å². The fraction of sp³-hybridized carbons (Fsp3) is 0.500. The second kappa shape index (κ2) is 9.37. The predicted octanol–water partition coefficient (Wildman–Crippen LogP) is 3.33. The summed E-state index contributed by atoms with van der Waals surface area (Å²) in [6, 6.07) is 10.3. The molecule has 0 spiro atoms. The Balaban J connectivity index is 1.41. The van der Waals surface area contributed by atoms with Gasteiger partial charge in [-0.1, -0.05) is 43.2 Å². The number of likely N-dealkylation sites (tertiary alicyclic amines) is 1. The van der Waals surface area contributed by atoms with E-state index in [0.717, 1.165) is 50.0 Å². The Morgan fingerprint density at radius 1 is 1.07 bits per heavy atom. The molecular formula is C24H30N4O2. The first-order valence-corrected chi connectivity index (χ1v) is 11.1. The molecule has 0 radical (unpaired) electrons. The lowest BCUT2D eigenvalue weighted by molar-refractivity contribution is -0.135. The fourth-order valence-electron chi connectivity index (χ4n) is 5.12. The van der Waals surface area contributed by atoms with Crippen LogP contribution in [-0.4, -0.2) is 39.8 Å². The largest absolute Gasteiger partial charge is 0.365 e. The van der Waals surface area contributed by atoms with Crippen molar-refractivity contribution in [1.82, 2.24) is 14.9 Å². The molecule has 1 aromatic carbocycles. The molecule has 1 saturated carbocycles. The minimum Gasteiger partial charge on any atom is -0.365 e. The summed E-state index contributed by atoms with van der Waals surface area (Å²) in [6.07, 6.45) is 10.2. The SMILES string of the molecule is NC(=O)c1cncnc1CC1CCN(C(=O)C(c2ccccc2)C2CCCC2)CC1. The maximum atomic E-state index is 13.5. The van der Waals surface area contributed by atoms with E-state index in [1.165, 1.54) is 25.4 Å². The highest BCUT2D eigenvalue weighted by atomic mass is 16.2. The average molecular weight is 407 g/mol. The predicted molar refractivity (Wildman–Crippen MR) is 115 cm³/mol. The maximum Gasteiger partial charge on any atom is 0.252 e. The smallest absolute Gasteiger partial charge is 0.252 e. The van der Waals surface area contributed by atoms with Crippen LogP contribution in [0.25, 0.3) is 0 Å². The Kier molecular flexibility index (Phi) is 6.41. The summed E-state index contributed by atoms with van der Waals surface area (Å²) in [4.78, 5) is 35.4. The minimum absolute atomic E-state index is 0.0198. The van der Waals surface area contributed by atoms with Gasteiger partial charge in [-0.15, -0.1) is 0 Å². The van der Waals surface area contributed by atoms with Crippen molar-refractivity contribution in [2.45, 2.75) is 50.9 Å². The van der Waals surface area contributed by atoms with E-state index in [0.29, 0.717) is 23.8 Å². The number of hydrogen-bond donors (Lipinski definition) is 1. The van der Waals surface area contributed by atoms with Crippen LogP contribution in [0.3, 0.4) is 0 Å². The first-order chi connectivity index (χ1) is 14.6. The fourth-order valence-corrected chi connectivity index (χ4v) is 5.12. The molecule has 2 heterocycles. The van der Waals surface area contributed by atoms with Crippen LogP contribution in [0.2, 0.25) is 0 Å². The first kappa shape index (κ1) is 20.5. The maximum absolute atomic E-state index is 13.5. The van der Waals surface area contributed by atoms with E-state index >= 15 is 0 Å². The van der Waals surface area contributed by atoms with E-state index in [1.54, 1.807) is 0 Å². The first-order valence-electron chi connectivity index (χ1n) is 11.1. The molecule has 30 heavy (non-hydrogen) atoms. The van der Waals surface area contributed by atoms with E-state index in [2.05, 4.69) is 27.0 Å². The molecule has 1 aliphatic carbocycles. The van der Waals surface area contributed by atoms with E-state index in [1.807, 2.05) is 18.2 Å². The Morgan fingerprint density at radius 2 is 1.77 bits per heavy atom. The monoisotopic (exact) mass is 406 g/mol. The Bertz CT molecular complexity index is 872. The van der Waals surface area contributed by atoms with E-state index in [9.17, 15) is 9.59 Å². The minimum atomic E-state index is -0.486. The molecule has 0 bridgehead atoms. The summed E-state index contributed by atoms with van der Waals surface area (Å²) < 4.78 is 0. The van der Waals surface area contributed by atoms with Gasteiger partial charge in [-0.25, -0.2) is 9.97 Å². The van der Waals surface area contributed by atoms with Crippen LogP contribution in [0.15, 0.2) is 42.9 Å². The van der Waals surface area contributed by atoms with E-state index in [-0.39, 0.29) is 11.8 Å². The van der Waals surface area contributed by atoms with Crippen LogP contribution in [0.5, 0.6) is 0 Å². The quantitative estimate of drug-likeness (QED) is 0.797. The van der Waals surface area contributed by atoms with Crippen LogP contribution in [0, 0.1) is 11.8 Å². The number of rotatable bonds is 6. The van der Waals surface area contributed by atoms with Crippen LogP contribution in [-0.2, 0) is 11.2 Å². The molecule has 1 unspecified atom stereocenters. The van der Waals surface area contributed by atoms with Crippen molar-refractivity contribution < 1.29 is 9.59 Å². The molecular weight excluding hydrogens is 376 g/mol. The van der Waals surface area contributed by atoms with Crippen LogP contribution in [0.1, 0.15) is 66.1 Å². The van der Waals surface area contributed by atoms with Crippen molar-refractivity contribution in [3.8, 4) is 0 Å². The number of primary amides is 1. The average Bonchev–Trinajstić information content (AvgIpc) is 3.30. The normalized spacial score (nSPS) is 19.0. The molecule has 6 nitrogen and oxygen atoms in total. The van der Waals surface area contributed by atoms with Gasteiger partial charge in [0.1, 0.15) is 6.33 Å². The zero-order valence-electron chi connectivity index (χ0n) is 17.4. The molecule has 1 aliphatic heterocycles. The van der Waals surface area contributed by atoms with Crippen LogP contribution in [0.4, 0.5) is 0 Å². The number of carbonyl (C=O) groups excluding carboxylic acids is 2. The van der Waals surface area contributed by atoms with Crippen molar-refractivity contribution in [1.29, 1.82) is 0 Å². The van der Waals surface area contributed by atoms with Crippen molar-refractivity contribution in [2.24, 2.45) is 17.6 Å². The van der Waals surface area contributed by atoms with Crippen molar-refractivity contribution >= 4 is 11.8 Å². The van der Waals surface area contributed by atoms with Gasteiger partial charge in [0.2, 0.25) is 5.91 Å². The molecule has 1 atom stereocenters. The van der Waals surface area contributed by atoms with Crippen molar-refractivity contribution in [3.63, 3.8) is 0 Å². The summed E-state index contributed by atoms with van der Waals surface area (Å²) in [7, 11) is 0. The number of carbonyl (C=O) groups is 2. The zero-order valence-corrected chi connectivity index (χ0v) is 17.4. The van der Waals surface area contributed by atoms with Crippen LogP contribution >= 0.6 is 0 Å². The van der Waals surface area contributed by atoms with Gasteiger partial charge in [0, 0.05) is 19.3 Å². The molecule has 2 aromatic rings. The number of nitrogens with two attached hydrogens (primary N) is 1. The number of piperidine rings is 1. The molecule has 4 rings (SSSR count). The van der Waals surface area contributed by atoms with Gasteiger partial charge in [-0.3, -0.25) is 9.59 Å². The molecule has 158 valence electrons. The van der Waals surface area contributed by atoms with Crippen molar-refractivity contribution in [3.05, 3.63) is 59.7 Å². The summed E-state index contributed by atoms with van der Waals surface area (Å²) in [6.45, 7) is 1.52. The summed E-state index contributed by atoms with van der Waals surface area (Å²) in [5.74, 6) is 0.626. The highest BCUT2D eigenvalue weighted by molar-refractivity contribution is 5.93. The highest BCUT2D eigenvalue weighted by Gasteiger charge is 2.36. The molecule has 2 N–H and O–H groups in total. The number of nitrogens with zero attached hydrogens (tertiary/aromatic N) is 3. The molecule has 6 heteroatoms. The lowest BCUT2D eigenvalue weighted by Crippen LogP contribution is -2.43. The number of amides is 2. The third-order valence-electron chi connectivity index (χ3n) is 6.76. The Morgan fingerprint density at radius 3 is 2.43 bits per heavy atom. The second-order valence-electron chi connectivity index (χ2n) is 8.65. The number of hydrogen-bond acceptors (Lipinski definition) is 4. The highest BCUT2D eigenvalue weighted by Crippen LogP contribution is 2.39. The van der Waals surface area contributed by atoms with Gasteiger partial charge < -0.3 is 10.6 Å². The lowest BCUT2D eigenvalue weighted by atomic mass is 9.82. The standard InChI is InChI=1S/C24H30N4O2/c25-23(29)20-15-26-16-27-21(20)14-17-10-12-28(13-11-17)24(30)22(19-8-4-5-9-19)18-6-2-1-3-7-18/h1-3,6-7,15-17,19,22H,4-5,8-14H2,(H2,25,29). The van der Waals surface area contributed by atoms with Crippen LogP contribution < -0.4 is 5.73 Å². The molecule has 2 fully saturated rings. The van der Waals surface area contributed by atoms with Crippen molar-refractivity contribution in [2.75, 3.05) is 13.1 Å². The third-order valence-corrected chi connectivity index (χ3v) is 6.76. The Hall–Kier alpha value is -2.76. The van der Waals surface area contributed by atoms with Gasteiger partial charge in [-0.2, -0.15) is 0 Å². The zero-order chi connectivity index (χ0) is 20.9. The Labute approximate surface area is 177 Å². The molecule has 1 saturated heterocycles. The molecule has 1 aromatic heterocycles. The van der Waals surface area contributed by atoms with E-state index in [4.69, 9.17) is 5.73 Å². The van der Waals surface area contributed by atoms with Gasteiger partial charge in [0.15, 0.2) is 0 Å². The lowest BCUT2D eigenvalue weighted by Gasteiger charge is -2.36. The summed E-state index contributed by atoms with van der Waals surface area (Å²) in [5, 5.41) is 0. The summed E-state index contributed by atoms with van der Waals surface area (Å²) >= 11 is 0. The number of aromatic nitrogens is 2. The second-order valence-corrected chi connectivity index (χ2v) is 8.65.